The number of rotatable bonds is 4. The van der Waals surface area contributed by atoms with E-state index in [9.17, 15) is 4.79 Å². The lowest BCUT2D eigenvalue weighted by Gasteiger charge is -2.32. The van der Waals surface area contributed by atoms with E-state index >= 15 is 0 Å². The van der Waals surface area contributed by atoms with E-state index in [1.165, 1.54) is 5.56 Å². The van der Waals surface area contributed by atoms with Gasteiger partial charge in [0.2, 0.25) is 0 Å². The van der Waals surface area contributed by atoms with Crippen LogP contribution in [0.3, 0.4) is 0 Å². The molecule has 0 spiro atoms. The Hall–Kier alpha value is -1.75. The average Bonchev–Trinajstić information content (AvgIpc) is 2.56. The zero-order chi connectivity index (χ0) is 17.8. The van der Waals surface area contributed by atoms with Crippen LogP contribution in [0.2, 0.25) is 0 Å². The van der Waals surface area contributed by atoms with Crippen LogP contribution in [0, 0.1) is 0 Å². The molecule has 2 atom stereocenters. The molecule has 2 fully saturated rings. The predicted octanol–water partition coefficient (Wildman–Crippen LogP) is 4.18. The maximum absolute atomic E-state index is 10.8. The molecule has 5 nitrogen and oxygen atoms in total. The summed E-state index contributed by atoms with van der Waals surface area (Å²) in [5.74, 6) is 0.592. The number of amides is 1. The molecule has 1 aromatic carbocycles. The van der Waals surface area contributed by atoms with Crippen molar-refractivity contribution in [3.63, 3.8) is 0 Å². The molecule has 2 aliphatic rings. The Morgan fingerprint density at radius 1 is 1.08 bits per heavy atom. The van der Waals surface area contributed by atoms with Crippen molar-refractivity contribution in [1.29, 1.82) is 0 Å². The molecule has 25 heavy (non-hydrogen) atoms. The average molecular weight is 346 g/mol. The van der Waals surface area contributed by atoms with Gasteiger partial charge in [0.25, 0.3) is 0 Å². The van der Waals surface area contributed by atoms with Crippen molar-refractivity contribution in [3.05, 3.63) is 29.8 Å². The molecule has 3 N–H and O–H groups in total. The van der Waals surface area contributed by atoms with Crippen LogP contribution in [0.15, 0.2) is 24.3 Å². The van der Waals surface area contributed by atoms with Crippen molar-refractivity contribution >= 4 is 11.8 Å². The van der Waals surface area contributed by atoms with Gasteiger partial charge in [-0.2, -0.15) is 0 Å². The maximum Gasteiger partial charge on any atom is 0.404 e. The summed E-state index contributed by atoms with van der Waals surface area (Å²) >= 11 is 0. The van der Waals surface area contributed by atoms with E-state index < -0.39 is 6.09 Å². The first-order valence-electron chi connectivity index (χ1n) is 9.47. The van der Waals surface area contributed by atoms with Crippen molar-refractivity contribution in [2.45, 2.75) is 82.6 Å². The normalized spacial score (nSPS) is 32.8. The highest BCUT2D eigenvalue weighted by Crippen LogP contribution is 2.34. The summed E-state index contributed by atoms with van der Waals surface area (Å²) in [5, 5.41) is 3.61. The summed E-state index contributed by atoms with van der Waals surface area (Å²) < 4.78 is 10.9. The Morgan fingerprint density at radius 2 is 1.68 bits per heavy atom. The fourth-order valence-corrected chi connectivity index (χ4v) is 4.25. The smallest absolute Gasteiger partial charge is 0.404 e. The van der Waals surface area contributed by atoms with Crippen LogP contribution in [0.25, 0.3) is 0 Å². The third-order valence-electron chi connectivity index (χ3n) is 5.41. The van der Waals surface area contributed by atoms with Gasteiger partial charge < -0.3 is 20.5 Å². The van der Waals surface area contributed by atoms with Crippen molar-refractivity contribution in [2.75, 3.05) is 5.32 Å². The van der Waals surface area contributed by atoms with Crippen LogP contribution in [-0.2, 0) is 9.47 Å². The van der Waals surface area contributed by atoms with Crippen LogP contribution >= 0.6 is 0 Å². The number of benzene rings is 1. The molecule has 0 radical (unpaired) electrons. The Kier molecular flexibility index (Phi) is 5.84. The van der Waals surface area contributed by atoms with Gasteiger partial charge in [-0.05, 0) is 76.0 Å². The highest BCUT2D eigenvalue weighted by Gasteiger charge is 2.26. The molecule has 1 aliphatic heterocycles. The molecule has 2 unspecified atom stereocenters. The largest absolute Gasteiger partial charge is 0.446 e. The molecule has 1 aliphatic carbocycles. The maximum atomic E-state index is 10.8. The summed E-state index contributed by atoms with van der Waals surface area (Å²) in [6, 6.07) is 9.30. The number of anilines is 1. The van der Waals surface area contributed by atoms with Gasteiger partial charge >= 0.3 is 6.09 Å². The Balaban J connectivity index is 1.51. The second-order valence-electron chi connectivity index (χ2n) is 7.60. The molecule has 0 aromatic heterocycles. The van der Waals surface area contributed by atoms with E-state index in [-0.39, 0.29) is 6.10 Å². The Bertz CT molecular complexity index is 557. The number of carbonyl (C=O) groups excluding carboxylic acids is 1. The minimum atomic E-state index is -0.663. The monoisotopic (exact) mass is 346 g/mol. The standard InChI is InChI=1S/C20H30N2O3/c1-13-11-16(12-14(2)24-13)15-3-5-17(6-4-15)22-18-7-9-19(10-8-18)25-20(21)23/h3-6,13-14,16,18-19,22H,7-12H2,1-2H3,(H2,21,23). The van der Waals surface area contributed by atoms with Gasteiger partial charge in [-0.25, -0.2) is 4.79 Å². The Morgan fingerprint density at radius 3 is 2.24 bits per heavy atom. The lowest BCUT2D eigenvalue weighted by atomic mass is 9.86. The van der Waals surface area contributed by atoms with Crippen LogP contribution in [0.4, 0.5) is 10.5 Å². The van der Waals surface area contributed by atoms with E-state index in [1.807, 2.05) is 0 Å². The number of nitrogens with two attached hydrogens (primary N) is 1. The minimum Gasteiger partial charge on any atom is -0.446 e. The molecule has 1 heterocycles. The van der Waals surface area contributed by atoms with Gasteiger partial charge in [0.15, 0.2) is 0 Å². The summed E-state index contributed by atoms with van der Waals surface area (Å²) in [6.07, 6.45) is 5.92. The quantitative estimate of drug-likeness (QED) is 0.858. The van der Waals surface area contributed by atoms with Crippen molar-refractivity contribution in [1.82, 2.24) is 0 Å². The third kappa shape index (κ3) is 5.11. The number of carbonyl (C=O) groups is 1. The lowest BCUT2D eigenvalue weighted by molar-refractivity contribution is -0.0380. The Labute approximate surface area is 150 Å². The van der Waals surface area contributed by atoms with Gasteiger partial charge in [-0.1, -0.05) is 12.1 Å². The molecular formula is C20H30N2O3. The van der Waals surface area contributed by atoms with E-state index in [0.29, 0.717) is 24.2 Å². The first-order valence-corrected chi connectivity index (χ1v) is 9.47. The SMILES string of the molecule is CC1CC(c2ccc(NC3CCC(OC(N)=O)CC3)cc2)CC(C)O1. The lowest BCUT2D eigenvalue weighted by Crippen LogP contribution is -2.32. The molecule has 1 saturated heterocycles. The second-order valence-corrected chi connectivity index (χ2v) is 7.60. The van der Waals surface area contributed by atoms with Crippen LogP contribution < -0.4 is 11.1 Å². The van der Waals surface area contributed by atoms with E-state index in [2.05, 4.69) is 43.4 Å². The first kappa shape index (κ1) is 18.1. The van der Waals surface area contributed by atoms with E-state index in [0.717, 1.165) is 44.2 Å². The molecule has 1 amide bonds. The highest BCUT2D eigenvalue weighted by atomic mass is 16.6. The highest BCUT2D eigenvalue weighted by molar-refractivity contribution is 5.64. The number of hydrogen-bond donors (Lipinski definition) is 2. The van der Waals surface area contributed by atoms with Gasteiger partial charge in [0.1, 0.15) is 6.10 Å². The molecule has 1 aromatic rings. The number of ether oxygens (including phenoxy) is 2. The van der Waals surface area contributed by atoms with Gasteiger partial charge in [-0.3, -0.25) is 0 Å². The number of primary amides is 1. The number of nitrogens with one attached hydrogen (secondary N) is 1. The topological polar surface area (TPSA) is 73.6 Å². The first-order chi connectivity index (χ1) is 12.0. The fourth-order valence-electron chi connectivity index (χ4n) is 4.25. The fraction of sp³-hybridized carbons (Fsp3) is 0.650. The molecule has 0 bridgehead atoms. The van der Waals surface area contributed by atoms with Crippen LogP contribution in [0.5, 0.6) is 0 Å². The number of hydrogen-bond acceptors (Lipinski definition) is 4. The van der Waals surface area contributed by atoms with Crippen molar-refractivity contribution in [3.8, 4) is 0 Å². The van der Waals surface area contributed by atoms with Crippen molar-refractivity contribution < 1.29 is 14.3 Å². The zero-order valence-corrected chi connectivity index (χ0v) is 15.2. The zero-order valence-electron chi connectivity index (χ0n) is 15.2. The van der Waals surface area contributed by atoms with Gasteiger partial charge in [-0.15, -0.1) is 0 Å². The summed E-state index contributed by atoms with van der Waals surface area (Å²) in [5.41, 5.74) is 7.66. The third-order valence-corrected chi connectivity index (χ3v) is 5.41. The molecule has 138 valence electrons. The molecular weight excluding hydrogens is 316 g/mol. The summed E-state index contributed by atoms with van der Waals surface area (Å²) in [7, 11) is 0. The minimum absolute atomic E-state index is 0.0181. The van der Waals surface area contributed by atoms with Crippen molar-refractivity contribution in [2.24, 2.45) is 5.73 Å². The van der Waals surface area contributed by atoms with Crippen LogP contribution in [0.1, 0.15) is 63.9 Å². The molecule has 3 rings (SSSR count). The summed E-state index contributed by atoms with van der Waals surface area (Å²) in [4.78, 5) is 10.8. The summed E-state index contributed by atoms with van der Waals surface area (Å²) in [6.45, 7) is 4.33. The van der Waals surface area contributed by atoms with Gasteiger partial charge in [0.05, 0.1) is 12.2 Å². The van der Waals surface area contributed by atoms with E-state index in [4.69, 9.17) is 15.2 Å². The van der Waals surface area contributed by atoms with E-state index in [1.54, 1.807) is 0 Å². The molecule has 1 saturated carbocycles. The van der Waals surface area contributed by atoms with Crippen LogP contribution in [-0.4, -0.2) is 30.4 Å². The second kappa shape index (κ2) is 8.09. The van der Waals surface area contributed by atoms with Gasteiger partial charge in [0, 0.05) is 11.7 Å². The molecule has 5 heteroatoms. The predicted molar refractivity (Wildman–Crippen MR) is 98.8 cm³/mol.